The minimum Gasteiger partial charge on any atom is -0.480 e. The summed E-state index contributed by atoms with van der Waals surface area (Å²) in [6.45, 7) is 1.83. The Morgan fingerprint density at radius 1 is 1.25 bits per heavy atom. The van der Waals surface area contributed by atoms with E-state index in [1.165, 1.54) is 12.4 Å². The van der Waals surface area contributed by atoms with E-state index >= 15 is 0 Å². The molecule has 1 aromatic carbocycles. The fourth-order valence-corrected chi connectivity index (χ4v) is 4.42. The number of hydrogen-bond donors (Lipinski definition) is 3. The molecule has 0 spiro atoms. The van der Waals surface area contributed by atoms with Crippen molar-refractivity contribution in [2.24, 2.45) is 0 Å². The van der Waals surface area contributed by atoms with E-state index in [0.717, 1.165) is 0 Å². The maximum atomic E-state index is 12.7. The molecule has 0 aliphatic rings. The van der Waals surface area contributed by atoms with Gasteiger partial charge in [0.1, 0.15) is 0 Å². The van der Waals surface area contributed by atoms with Crippen LogP contribution in [-0.2, 0) is 21.1 Å². The maximum absolute atomic E-state index is 12.7. The second-order valence-electron chi connectivity index (χ2n) is 5.66. The van der Waals surface area contributed by atoms with E-state index in [-0.39, 0.29) is 12.6 Å². The Balaban J connectivity index is 2.37. The summed E-state index contributed by atoms with van der Waals surface area (Å²) in [5.41, 5.74) is -0.623. The molecule has 0 saturated carbocycles. The van der Waals surface area contributed by atoms with E-state index in [1.807, 2.05) is 13.0 Å². The van der Waals surface area contributed by atoms with Crippen LogP contribution in [0.1, 0.15) is 30.9 Å². The lowest BCUT2D eigenvalue weighted by Crippen LogP contribution is -2.47. The van der Waals surface area contributed by atoms with Crippen molar-refractivity contribution in [2.75, 3.05) is 0 Å². The smallest absolute Gasteiger partial charge is 0.329 e. The third-order valence-electron chi connectivity index (χ3n) is 3.75. The number of nitrogens with one attached hydrogen (secondary N) is 1. The summed E-state index contributed by atoms with van der Waals surface area (Å²) >= 11 is 0. The molecule has 2 atom stereocenters. The van der Waals surface area contributed by atoms with Gasteiger partial charge >= 0.3 is 5.97 Å². The molecule has 24 heavy (non-hydrogen) atoms. The SMILES string of the molecule is CCCC(NP(=O)(O)Cc1ccccc1)(C(=O)O)c1cccnc1. The average Bonchev–Trinajstić information content (AvgIpc) is 2.55. The summed E-state index contributed by atoms with van der Waals surface area (Å²) in [4.78, 5) is 26.4. The number of aromatic nitrogens is 1. The number of nitrogens with zero attached hydrogens (tertiary/aromatic N) is 1. The Labute approximate surface area is 141 Å². The van der Waals surface area contributed by atoms with Crippen LogP contribution in [0.5, 0.6) is 0 Å². The number of carboxylic acid groups (broad SMARTS) is 1. The molecule has 0 fully saturated rings. The number of pyridine rings is 1. The van der Waals surface area contributed by atoms with Gasteiger partial charge in [0.05, 0.1) is 6.16 Å². The first-order valence-electron chi connectivity index (χ1n) is 7.69. The molecule has 0 saturated heterocycles. The predicted molar refractivity (Wildman–Crippen MR) is 91.6 cm³/mol. The Morgan fingerprint density at radius 2 is 1.96 bits per heavy atom. The summed E-state index contributed by atoms with van der Waals surface area (Å²) in [6, 6.07) is 12.0. The van der Waals surface area contributed by atoms with Crippen LogP contribution in [0.15, 0.2) is 54.9 Å². The highest BCUT2D eigenvalue weighted by atomic mass is 31.2. The fourth-order valence-electron chi connectivity index (χ4n) is 2.70. The molecular formula is C17H21N2O4P. The van der Waals surface area contributed by atoms with Crippen molar-refractivity contribution < 1.29 is 19.4 Å². The average molecular weight is 348 g/mol. The van der Waals surface area contributed by atoms with Crippen LogP contribution in [0, 0.1) is 0 Å². The summed E-state index contributed by atoms with van der Waals surface area (Å²) < 4.78 is 12.7. The highest BCUT2D eigenvalue weighted by Gasteiger charge is 2.44. The Hall–Kier alpha value is -2.01. The molecule has 1 heterocycles. The molecule has 2 unspecified atom stereocenters. The van der Waals surface area contributed by atoms with E-state index in [0.29, 0.717) is 17.5 Å². The minimum atomic E-state index is -3.94. The van der Waals surface area contributed by atoms with E-state index < -0.39 is 19.0 Å². The number of rotatable bonds is 8. The van der Waals surface area contributed by atoms with Crippen LogP contribution in [0.25, 0.3) is 0 Å². The lowest BCUT2D eigenvalue weighted by atomic mass is 9.88. The monoisotopic (exact) mass is 348 g/mol. The van der Waals surface area contributed by atoms with Gasteiger partial charge < -0.3 is 10.00 Å². The molecule has 3 N–H and O–H groups in total. The lowest BCUT2D eigenvalue weighted by Gasteiger charge is -2.32. The summed E-state index contributed by atoms with van der Waals surface area (Å²) in [5.74, 6) is -1.19. The zero-order valence-electron chi connectivity index (χ0n) is 13.4. The number of benzene rings is 1. The number of aliphatic carboxylic acids is 1. The molecule has 0 aliphatic carbocycles. The van der Waals surface area contributed by atoms with Crippen LogP contribution in [0.2, 0.25) is 0 Å². The normalized spacial score (nSPS) is 16.1. The van der Waals surface area contributed by atoms with Crippen molar-refractivity contribution in [2.45, 2.75) is 31.5 Å². The second kappa shape index (κ2) is 7.71. The molecule has 0 amide bonds. The molecule has 0 radical (unpaired) electrons. The van der Waals surface area contributed by atoms with Gasteiger partial charge in [-0.25, -0.2) is 9.88 Å². The van der Waals surface area contributed by atoms with E-state index in [1.54, 1.807) is 36.4 Å². The third kappa shape index (κ3) is 4.29. The van der Waals surface area contributed by atoms with E-state index in [9.17, 15) is 19.4 Å². The molecule has 6 nitrogen and oxygen atoms in total. The zero-order valence-corrected chi connectivity index (χ0v) is 14.3. The van der Waals surface area contributed by atoms with Gasteiger partial charge in [0.2, 0.25) is 0 Å². The standard InChI is InChI=1S/C17H21N2O4P/c1-2-10-17(16(20)21,15-9-6-11-18-12-15)19-24(22,23)13-14-7-4-3-5-8-14/h3-9,11-12H,2,10,13H2,1H3,(H,20,21)(H2,19,22,23). The van der Waals surface area contributed by atoms with Gasteiger partial charge in [0.25, 0.3) is 7.52 Å². The molecule has 2 rings (SSSR count). The van der Waals surface area contributed by atoms with Crippen LogP contribution >= 0.6 is 7.52 Å². The summed E-state index contributed by atoms with van der Waals surface area (Å²) in [6.07, 6.45) is 3.50. The minimum absolute atomic E-state index is 0.146. The first-order chi connectivity index (χ1) is 11.4. The van der Waals surface area contributed by atoms with Crippen molar-refractivity contribution in [1.82, 2.24) is 10.1 Å². The second-order valence-corrected chi connectivity index (χ2v) is 7.60. The predicted octanol–water partition coefficient (Wildman–Crippen LogP) is 3.14. The first-order valence-corrected chi connectivity index (χ1v) is 9.53. The fraction of sp³-hybridized carbons (Fsp3) is 0.294. The largest absolute Gasteiger partial charge is 0.480 e. The number of carboxylic acids is 1. The molecule has 0 bridgehead atoms. The summed E-state index contributed by atoms with van der Waals surface area (Å²) in [7, 11) is -3.94. The van der Waals surface area contributed by atoms with Crippen LogP contribution < -0.4 is 5.09 Å². The molecule has 1 aromatic heterocycles. The van der Waals surface area contributed by atoms with Gasteiger partial charge in [-0.15, -0.1) is 0 Å². The van der Waals surface area contributed by atoms with Crippen molar-refractivity contribution >= 4 is 13.5 Å². The van der Waals surface area contributed by atoms with Gasteiger partial charge in [-0.2, -0.15) is 0 Å². The highest BCUT2D eigenvalue weighted by Crippen LogP contribution is 2.46. The van der Waals surface area contributed by atoms with Crippen molar-refractivity contribution in [3.8, 4) is 0 Å². The van der Waals surface area contributed by atoms with Gasteiger partial charge in [0.15, 0.2) is 5.54 Å². The van der Waals surface area contributed by atoms with Crippen LogP contribution in [-0.4, -0.2) is 21.0 Å². The Morgan fingerprint density at radius 3 is 2.50 bits per heavy atom. The topological polar surface area (TPSA) is 99.5 Å². The molecule has 128 valence electrons. The van der Waals surface area contributed by atoms with Gasteiger partial charge in [-0.3, -0.25) is 9.55 Å². The quantitative estimate of drug-likeness (QED) is 0.634. The maximum Gasteiger partial charge on any atom is 0.329 e. The molecular weight excluding hydrogens is 327 g/mol. The Bertz CT molecular complexity index is 724. The molecule has 2 aromatic rings. The van der Waals surface area contributed by atoms with Crippen molar-refractivity contribution in [3.63, 3.8) is 0 Å². The molecule has 7 heteroatoms. The Kier molecular flexibility index (Phi) is 5.89. The lowest BCUT2D eigenvalue weighted by molar-refractivity contribution is -0.145. The number of carbonyl (C=O) groups is 1. The van der Waals surface area contributed by atoms with Crippen LogP contribution in [0.3, 0.4) is 0 Å². The first kappa shape index (κ1) is 18.3. The van der Waals surface area contributed by atoms with Gasteiger partial charge in [-0.05, 0) is 18.1 Å². The highest BCUT2D eigenvalue weighted by molar-refractivity contribution is 7.55. The van der Waals surface area contributed by atoms with Gasteiger partial charge in [0, 0.05) is 18.0 Å². The van der Waals surface area contributed by atoms with Crippen molar-refractivity contribution in [1.29, 1.82) is 0 Å². The summed E-state index contributed by atoms with van der Waals surface area (Å²) in [5, 5.41) is 12.4. The van der Waals surface area contributed by atoms with Gasteiger partial charge in [-0.1, -0.05) is 49.7 Å². The van der Waals surface area contributed by atoms with Crippen LogP contribution in [0.4, 0.5) is 0 Å². The zero-order chi connectivity index (χ0) is 17.6. The van der Waals surface area contributed by atoms with E-state index in [4.69, 9.17) is 0 Å². The van der Waals surface area contributed by atoms with Crippen molar-refractivity contribution in [3.05, 3.63) is 66.0 Å². The molecule has 0 aliphatic heterocycles. The third-order valence-corrected chi connectivity index (χ3v) is 5.27. The van der Waals surface area contributed by atoms with E-state index in [2.05, 4.69) is 10.1 Å². The number of hydrogen-bond acceptors (Lipinski definition) is 3.